The van der Waals surface area contributed by atoms with Gasteiger partial charge >= 0.3 is 0 Å². The molecule has 1 N–H and O–H groups in total. The van der Waals surface area contributed by atoms with Crippen LogP contribution < -0.4 is 0 Å². The van der Waals surface area contributed by atoms with E-state index in [1.165, 1.54) is 0 Å². The van der Waals surface area contributed by atoms with E-state index < -0.39 is 0 Å². The largest absolute Gasteiger partial charge is 0.460 e. The van der Waals surface area contributed by atoms with Crippen LogP contribution in [0.2, 0.25) is 0 Å². The van der Waals surface area contributed by atoms with Crippen molar-refractivity contribution in [1.82, 2.24) is 24.6 Å². The van der Waals surface area contributed by atoms with Gasteiger partial charge in [-0.15, -0.1) is 0 Å². The number of aromatic amines is 1. The van der Waals surface area contributed by atoms with E-state index >= 15 is 0 Å². The maximum atomic E-state index is 13.3. The zero-order chi connectivity index (χ0) is 19.1. The molecular formula is C21H19N5O2. The number of rotatable bonds is 3. The molecular weight excluding hydrogens is 354 g/mol. The first-order valence-electron chi connectivity index (χ1n) is 9.20. The Hall–Kier alpha value is -3.61. The molecule has 0 bridgehead atoms. The molecule has 7 nitrogen and oxygen atoms in total. The predicted molar refractivity (Wildman–Crippen MR) is 103 cm³/mol. The Bertz CT molecular complexity index is 1120. The lowest BCUT2D eigenvalue weighted by Crippen LogP contribution is -2.42. The Morgan fingerprint density at radius 3 is 2.89 bits per heavy atom. The topological polar surface area (TPSA) is 80.0 Å². The summed E-state index contributed by atoms with van der Waals surface area (Å²) < 4.78 is 7.80. The summed E-state index contributed by atoms with van der Waals surface area (Å²) in [4.78, 5) is 19.7. The first-order chi connectivity index (χ1) is 13.7. The third kappa shape index (κ3) is 2.72. The van der Waals surface area contributed by atoms with Crippen LogP contribution in [0.25, 0.3) is 11.5 Å². The highest BCUT2D eigenvalue weighted by Gasteiger charge is 2.34. The van der Waals surface area contributed by atoms with Crippen LogP contribution in [-0.4, -0.2) is 37.1 Å². The molecule has 0 spiro atoms. The molecule has 0 radical (unpaired) electrons. The first-order valence-corrected chi connectivity index (χ1v) is 9.20. The second-order valence-corrected chi connectivity index (χ2v) is 6.86. The van der Waals surface area contributed by atoms with E-state index in [0.29, 0.717) is 23.7 Å². The summed E-state index contributed by atoms with van der Waals surface area (Å²) in [6.07, 6.45) is 3.80. The average Bonchev–Trinajstić information content (AvgIpc) is 3.47. The van der Waals surface area contributed by atoms with E-state index in [9.17, 15) is 4.79 Å². The van der Waals surface area contributed by atoms with E-state index in [2.05, 4.69) is 19.7 Å². The maximum Gasteiger partial charge on any atom is 0.275 e. The second-order valence-electron chi connectivity index (χ2n) is 6.86. The van der Waals surface area contributed by atoms with Gasteiger partial charge in [0.1, 0.15) is 17.5 Å². The number of hydrogen-bond donors (Lipinski definition) is 1. The van der Waals surface area contributed by atoms with Crippen molar-refractivity contribution >= 4 is 5.91 Å². The van der Waals surface area contributed by atoms with E-state index in [-0.39, 0.29) is 11.9 Å². The Morgan fingerprint density at radius 1 is 1.18 bits per heavy atom. The first kappa shape index (κ1) is 16.6. The van der Waals surface area contributed by atoms with Crippen molar-refractivity contribution in [3.8, 4) is 11.5 Å². The molecule has 140 valence electrons. The fourth-order valence-electron chi connectivity index (χ4n) is 3.74. The average molecular weight is 373 g/mol. The van der Waals surface area contributed by atoms with Crippen LogP contribution >= 0.6 is 0 Å². The third-order valence-corrected chi connectivity index (χ3v) is 5.07. The molecule has 4 aromatic heterocycles. The van der Waals surface area contributed by atoms with Crippen molar-refractivity contribution < 1.29 is 9.21 Å². The smallest absolute Gasteiger partial charge is 0.275 e. The molecule has 7 heteroatoms. The van der Waals surface area contributed by atoms with Gasteiger partial charge in [0.2, 0.25) is 0 Å². The van der Waals surface area contributed by atoms with Crippen molar-refractivity contribution in [2.45, 2.75) is 19.5 Å². The molecule has 1 amide bonds. The molecule has 1 atom stereocenters. The van der Waals surface area contributed by atoms with Gasteiger partial charge in [-0.1, -0.05) is 6.07 Å². The van der Waals surface area contributed by atoms with E-state index in [0.717, 1.165) is 23.7 Å². The highest BCUT2D eigenvalue weighted by atomic mass is 16.3. The molecule has 0 fully saturated rings. The highest BCUT2D eigenvalue weighted by Crippen LogP contribution is 2.32. The number of pyridine rings is 1. The van der Waals surface area contributed by atoms with Gasteiger partial charge in [0.15, 0.2) is 11.5 Å². The van der Waals surface area contributed by atoms with Crippen LogP contribution in [0.3, 0.4) is 0 Å². The Balaban J connectivity index is 1.51. The standard InChI is InChI=1S/C21H19N5O2/c1-14-7-8-19(28-14)16-13-17(24-23-16)21(27)26-12-11-25-10-4-6-18(25)20(26)15-5-2-3-9-22-15/h2-10,13,20H,11-12H2,1H3,(H,23,24). The van der Waals surface area contributed by atoms with Gasteiger partial charge in [-0.25, -0.2) is 0 Å². The molecule has 4 aromatic rings. The SMILES string of the molecule is Cc1ccc(-c2cc(C(=O)N3CCn4cccc4C3c3ccccn3)n[nH]2)o1. The van der Waals surface area contributed by atoms with Gasteiger partial charge in [-0.3, -0.25) is 14.9 Å². The third-order valence-electron chi connectivity index (χ3n) is 5.07. The van der Waals surface area contributed by atoms with Crippen molar-refractivity contribution in [3.05, 3.63) is 83.8 Å². The van der Waals surface area contributed by atoms with Gasteiger partial charge in [0.25, 0.3) is 5.91 Å². The number of fused-ring (bicyclic) bond motifs is 1. The van der Waals surface area contributed by atoms with Gasteiger partial charge < -0.3 is 13.9 Å². The lowest BCUT2D eigenvalue weighted by molar-refractivity contribution is 0.0654. The highest BCUT2D eigenvalue weighted by molar-refractivity contribution is 5.93. The monoisotopic (exact) mass is 373 g/mol. The predicted octanol–water partition coefficient (Wildman–Crippen LogP) is 3.42. The molecule has 1 aliphatic heterocycles. The Morgan fingerprint density at radius 2 is 2.11 bits per heavy atom. The normalized spacial score (nSPS) is 16.2. The Labute approximate surface area is 161 Å². The summed E-state index contributed by atoms with van der Waals surface area (Å²) in [5.41, 5.74) is 2.94. The van der Waals surface area contributed by atoms with Crippen molar-refractivity contribution in [3.63, 3.8) is 0 Å². The quantitative estimate of drug-likeness (QED) is 0.597. The van der Waals surface area contributed by atoms with Crippen molar-refractivity contribution in [1.29, 1.82) is 0 Å². The summed E-state index contributed by atoms with van der Waals surface area (Å²) >= 11 is 0. The maximum absolute atomic E-state index is 13.3. The molecule has 1 unspecified atom stereocenters. The van der Waals surface area contributed by atoms with Gasteiger partial charge in [0.05, 0.1) is 5.69 Å². The minimum atomic E-state index is -0.247. The number of nitrogens with zero attached hydrogens (tertiary/aromatic N) is 4. The number of aromatic nitrogens is 4. The van der Waals surface area contributed by atoms with Gasteiger partial charge in [0, 0.05) is 37.2 Å². The molecule has 0 aliphatic carbocycles. The summed E-state index contributed by atoms with van der Waals surface area (Å²) in [7, 11) is 0. The van der Waals surface area contributed by atoms with Crippen LogP contribution in [0.5, 0.6) is 0 Å². The number of carbonyl (C=O) groups is 1. The molecule has 0 saturated heterocycles. The van der Waals surface area contributed by atoms with E-state index in [1.807, 2.05) is 60.5 Å². The van der Waals surface area contributed by atoms with Crippen LogP contribution in [0, 0.1) is 6.92 Å². The Kier molecular flexibility index (Phi) is 3.86. The fourth-order valence-corrected chi connectivity index (χ4v) is 3.74. The number of amides is 1. The summed E-state index contributed by atoms with van der Waals surface area (Å²) in [6, 6.07) is 15.1. The van der Waals surface area contributed by atoms with Crippen LogP contribution in [-0.2, 0) is 6.54 Å². The summed E-state index contributed by atoms with van der Waals surface area (Å²) in [5, 5.41) is 7.16. The van der Waals surface area contributed by atoms with Crippen LogP contribution in [0.4, 0.5) is 0 Å². The van der Waals surface area contributed by atoms with E-state index in [1.54, 1.807) is 12.3 Å². The minimum absolute atomic E-state index is 0.131. The number of hydrogen-bond acceptors (Lipinski definition) is 4. The fraction of sp³-hybridized carbons (Fsp3) is 0.190. The molecule has 0 aromatic carbocycles. The minimum Gasteiger partial charge on any atom is -0.460 e. The number of aryl methyl sites for hydroxylation is 1. The van der Waals surface area contributed by atoms with E-state index in [4.69, 9.17) is 4.42 Å². The van der Waals surface area contributed by atoms with Gasteiger partial charge in [-0.05, 0) is 43.3 Å². The van der Waals surface area contributed by atoms with Crippen LogP contribution in [0.15, 0.2) is 65.3 Å². The number of carbonyl (C=O) groups excluding carboxylic acids is 1. The van der Waals surface area contributed by atoms with Gasteiger partial charge in [-0.2, -0.15) is 5.10 Å². The number of nitrogens with one attached hydrogen (secondary N) is 1. The molecule has 28 heavy (non-hydrogen) atoms. The second kappa shape index (κ2) is 6.53. The lowest BCUT2D eigenvalue weighted by Gasteiger charge is -2.36. The molecule has 1 aliphatic rings. The zero-order valence-electron chi connectivity index (χ0n) is 15.4. The molecule has 5 heterocycles. The zero-order valence-corrected chi connectivity index (χ0v) is 15.4. The lowest BCUT2D eigenvalue weighted by atomic mass is 10.0. The van der Waals surface area contributed by atoms with Crippen molar-refractivity contribution in [2.75, 3.05) is 6.54 Å². The summed E-state index contributed by atoms with van der Waals surface area (Å²) in [5.74, 6) is 1.34. The van der Waals surface area contributed by atoms with Crippen molar-refractivity contribution in [2.24, 2.45) is 0 Å². The molecule has 5 rings (SSSR count). The molecule has 0 saturated carbocycles. The number of furan rings is 1. The number of H-pyrrole nitrogens is 1. The van der Waals surface area contributed by atoms with Crippen LogP contribution in [0.1, 0.15) is 33.7 Å². The summed E-state index contributed by atoms with van der Waals surface area (Å²) in [6.45, 7) is 3.21.